The highest BCUT2D eigenvalue weighted by molar-refractivity contribution is 6.14. The van der Waals surface area contributed by atoms with Crippen molar-refractivity contribution < 1.29 is 0 Å². The summed E-state index contributed by atoms with van der Waals surface area (Å²) in [6.07, 6.45) is 1.87. The van der Waals surface area contributed by atoms with Gasteiger partial charge in [-0.1, -0.05) is 101 Å². The standard InChI is InChI=1S/C50H38N2/c1-31-18-32(2)21-42(20-31)49-29-40(30-50(52-49)43-22-33(3)19-34(4)23-43)39-24-38(36-16-15-35-11-9-17-51-48(35)28-36)25-41(26-39)47-27-37-10-5-6-12-44(37)45-13-7-8-14-46(45)47/h5-30H,1-4H3. The van der Waals surface area contributed by atoms with E-state index in [1.807, 2.05) is 12.3 Å². The zero-order valence-corrected chi connectivity index (χ0v) is 29.9. The van der Waals surface area contributed by atoms with Crippen LogP contribution in [-0.4, -0.2) is 9.97 Å². The second kappa shape index (κ2) is 12.7. The molecule has 2 heteroatoms. The average Bonchev–Trinajstić information content (AvgIpc) is 3.16. The number of aryl methyl sites for hydroxylation is 4. The maximum atomic E-state index is 5.33. The Labute approximate surface area is 305 Å². The van der Waals surface area contributed by atoms with Crippen LogP contribution in [0.1, 0.15) is 22.3 Å². The zero-order chi connectivity index (χ0) is 35.3. The number of hydrogen-bond donors (Lipinski definition) is 0. The van der Waals surface area contributed by atoms with Gasteiger partial charge in [-0.05, 0) is 155 Å². The molecule has 9 aromatic rings. The summed E-state index contributed by atoms with van der Waals surface area (Å²) in [5.41, 5.74) is 17.0. The third-order valence-corrected chi connectivity index (χ3v) is 10.1. The Morgan fingerprint density at radius 1 is 0.346 bits per heavy atom. The van der Waals surface area contributed by atoms with Crippen LogP contribution in [0.4, 0.5) is 0 Å². The lowest BCUT2D eigenvalue weighted by Gasteiger charge is -2.16. The van der Waals surface area contributed by atoms with Gasteiger partial charge in [0.2, 0.25) is 0 Å². The minimum Gasteiger partial charge on any atom is -0.256 e. The van der Waals surface area contributed by atoms with Gasteiger partial charge in [-0.3, -0.25) is 4.98 Å². The summed E-state index contributed by atoms with van der Waals surface area (Å²) >= 11 is 0. The highest BCUT2D eigenvalue weighted by Gasteiger charge is 2.16. The van der Waals surface area contributed by atoms with E-state index in [0.717, 1.165) is 55.7 Å². The first-order chi connectivity index (χ1) is 25.3. The van der Waals surface area contributed by atoms with Crippen LogP contribution in [-0.2, 0) is 0 Å². The number of benzene rings is 7. The summed E-state index contributed by atoms with van der Waals surface area (Å²) in [5, 5.41) is 6.13. The lowest BCUT2D eigenvalue weighted by atomic mass is 9.88. The van der Waals surface area contributed by atoms with E-state index in [-0.39, 0.29) is 0 Å². The summed E-state index contributed by atoms with van der Waals surface area (Å²) in [6.45, 7) is 8.64. The molecule has 7 aromatic carbocycles. The highest BCUT2D eigenvalue weighted by atomic mass is 14.7. The average molecular weight is 667 g/mol. The molecule has 2 aromatic heterocycles. The SMILES string of the molecule is Cc1cc(C)cc(-c2cc(-c3cc(-c4ccc5cccnc5c4)cc(-c4cc5ccccc5c5ccccc45)c3)cc(-c3cc(C)cc(C)c3)n2)c1. The second-order valence-corrected chi connectivity index (χ2v) is 14.3. The van der Waals surface area contributed by atoms with Gasteiger partial charge in [0, 0.05) is 22.7 Å². The Balaban J connectivity index is 1.34. The van der Waals surface area contributed by atoms with E-state index < -0.39 is 0 Å². The van der Waals surface area contributed by atoms with E-state index in [2.05, 4.69) is 173 Å². The fourth-order valence-corrected chi connectivity index (χ4v) is 7.89. The molecular formula is C50H38N2. The van der Waals surface area contributed by atoms with Crippen LogP contribution < -0.4 is 0 Å². The van der Waals surface area contributed by atoms with Gasteiger partial charge in [-0.15, -0.1) is 0 Å². The van der Waals surface area contributed by atoms with Gasteiger partial charge >= 0.3 is 0 Å². The summed E-state index contributed by atoms with van der Waals surface area (Å²) < 4.78 is 0. The van der Waals surface area contributed by atoms with Crippen LogP contribution in [0.25, 0.3) is 88.3 Å². The van der Waals surface area contributed by atoms with Crippen molar-refractivity contribution in [3.05, 3.63) is 180 Å². The molecule has 52 heavy (non-hydrogen) atoms. The van der Waals surface area contributed by atoms with E-state index in [1.165, 1.54) is 54.9 Å². The molecule has 0 N–H and O–H groups in total. The van der Waals surface area contributed by atoms with Gasteiger partial charge in [-0.2, -0.15) is 0 Å². The molecule has 248 valence electrons. The van der Waals surface area contributed by atoms with E-state index in [4.69, 9.17) is 9.97 Å². The van der Waals surface area contributed by atoms with Crippen molar-refractivity contribution >= 4 is 32.4 Å². The Hall–Kier alpha value is -6.38. The Morgan fingerprint density at radius 3 is 1.56 bits per heavy atom. The van der Waals surface area contributed by atoms with Gasteiger partial charge in [0.25, 0.3) is 0 Å². The molecule has 2 nitrogen and oxygen atoms in total. The normalized spacial score (nSPS) is 11.5. The third-order valence-electron chi connectivity index (χ3n) is 10.1. The molecule has 9 rings (SSSR count). The zero-order valence-electron chi connectivity index (χ0n) is 29.9. The smallest absolute Gasteiger partial charge is 0.0715 e. The van der Waals surface area contributed by atoms with Gasteiger partial charge in [-0.25, -0.2) is 4.98 Å². The van der Waals surface area contributed by atoms with Crippen molar-refractivity contribution in [2.24, 2.45) is 0 Å². The molecule has 0 fully saturated rings. The quantitative estimate of drug-likeness (QED) is 0.171. The predicted octanol–water partition coefficient (Wildman–Crippen LogP) is 13.5. The van der Waals surface area contributed by atoms with Crippen molar-refractivity contribution in [3.63, 3.8) is 0 Å². The molecule has 0 atom stereocenters. The molecule has 0 saturated carbocycles. The van der Waals surface area contributed by atoms with Crippen LogP contribution >= 0.6 is 0 Å². The molecular weight excluding hydrogens is 629 g/mol. The lowest BCUT2D eigenvalue weighted by molar-refractivity contribution is 1.29. The summed E-state index contributed by atoms with van der Waals surface area (Å²) in [5.74, 6) is 0. The van der Waals surface area contributed by atoms with E-state index in [9.17, 15) is 0 Å². The molecule has 0 spiro atoms. The lowest BCUT2D eigenvalue weighted by Crippen LogP contribution is -1.94. The maximum Gasteiger partial charge on any atom is 0.0715 e. The number of fused-ring (bicyclic) bond motifs is 4. The van der Waals surface area contributed by atoms with Crippen LogP contribution in [0.2, 0.25) is 0 Å². The van der Waals surface area contributed by atoms with Gasteiger partial charge in [0.05, 0.1) is 16.9 Å². The minimum absolute atomic E-state index is 0.969. The van der Waals surface area contributed by atoms with Crippen molar-refractivity contribution in [3.8, 4) is 55.9 Å². The largest absolute Gasteiger partial charge is 0.256 e. The fraction of sp³-hybridized carbons (Fsp3) is 0.0800. The Kier molecular flexibility index (Phi) is 7.74. The van der Waals surface area contributed by atoms with E-state index >= 15 is 0 Å². The monoisotopic (exact) mass is 666 g/mol. The van der Waals surface area contributed by atoms with Crippen LogP contribution in [0.5, 0.6) is 0 Å². The predicted molar refractivity (Wildman–Crippen MR) is 221 cm³/mol. The highest BCUT2D eigenvalue weighted by Crippen LogP contribution is 2.40. The number of aromatic nitrogens is 2. The molecule has 0 saturated heterocycles. The van der Waals surface area contributed by atoms with Crippen LogP contribution in [0.3, 0.4) is 0 Å². The molecule has 0 aliphatic rings. The van der Waals surface area contributed by atoms with Crippen molar-refractivity contribution in [2.75, 3.05) is 0 Å². The number of hydrogen-bond acceptors (Lipinski definition) is 2. The maximum absolute atomic E-state index is 5.33. The van der Waals surface area contributed by atoms with E-state index in [0.29, 0.717) is 0 Å². The van der Waals surface area contributed by atoms with E-state index in [1.54, 1.807) is 0 Å². The van der Waals surface area contributed by atoms with Crippen molar-refractivity contribution in [1.82, 2.24) is 9.97 Å². The molecule has 0 aliphatic carbocycles. The molecule has 0 radical (unpaired) electrons. The summed E-state index contributed by atoms with van der Waals surface area (Å²) in [7, 11) is 0. The first kappa shape index (κ1) is 31.6. The summed E-state index contributed by atoms with van der Waals surface area (Å²) in [6, 6.07) is 55.6. The van der Waals surface area contributed by atoms with Gasteiger partial charge in [0.1, 0.15) is 0 Å². The molecule has 2 heterocycles. The molecule has 0 amide bonds. The van der Waals surface area contributed by atoms with Crippen LogP contribution in [0, 0.1) is 27.7 Å². The van der Waals surface area contributed by atoms with Crippen molar-refractivity contribution in [2.45, 2.75) is 27.7 Å². The summed E-state index contributed by atoms with van der Waals surface area (Å²) in [4.78, 5) is 10.0. The fourth-order valence-electron chi connectivity index (χ4n) is 7.89. The number of nitrogens with zero attached hydrogens (tertiary/aromatic N) is 2. The van der Waals surface area contributed by atoms with Gasteiger partial charge < -0.3 is 0 Å². The molecule has 0 aliphatic heterocycles. The van der Waals surface area contributed by atoms with Gasteiger partial charge in [0.15, 0.2) is 0 Å². The first-order valence-corrected chi connectivity index (χ1v) is 18.0. The Bertz CT molecular complexity index is 2730. The minimum atomic E-state index is 0.969. The van der Waals surface area contributed by atoms with Crippen molar-refractivity contribution in [1.29, 1.82) is 0 Å². The topological polar surface area (TPSA) is 25.8 Å². The molecule has 0 bridgehead atoms. The van der Waals surface area contributed by atoms with Crippen LogP contribution in [0.15, 0.2) is 158 Å². The number of pyridine rings is 2. The number of rotatable bonds is 5. The second-order valence-electron chi connectivity index (χ2n) is 14.3. The first-order valence-electron chi connectivity index (χ1n) is 18.0. The third kappa shape index (κ3) is 5.93. The Morgan fingerprint density at radius 2 is 0.885 bits per heavy atom. The molecule has 0 unspecified atom stereocenters.